The molecule has 26 heavy (non-hydrogen) atoms. The summed E-state index contributed by atoms with van der Waals surface area (Å²) >= 11 is 0. The minimum Gasteiger partial charge on any atom is -0.341 e. The number of hydrogen-bond donors (Lipinski definition) is 1. The van der Waals surface area contributed by atoms with E-state index in [1.165, 1.54) is 72.3 Å². The van der Waals surface area contributed by atoms with Crippen LogP contribution in [0.3, 0.4) is 0 Å². The molecule has 3 aromatic rings. The first-order chi connectivity index (χ1) is 12.4. The molecule has 0 unspecified atom stereocenters. The highest BCUT2D eigenvalue weighted by atomic mass is 35.5. The molecular formula is C23H31ClN2. The third kappa shape index (κ3) is 3.92. The predicted molar refractivity (Wildman–Crippen MR) is 115 cm³/mol. The van der Waals surface area contributed by atoms with Gasteiger partial charge in [0.1, 0.15) is 0 Å². The van der Waals surface area contributed by atoms with E-state index in [4.69, 9.17) is 0 Å². The summed E-state index contributed by atoms with van der Waals surface area (Å²) in [6, 6.07) is 16.5. The van der Waals surface area contributed by atoms with Gasteiger partial charge in [0.05, 0.1) is 0 Å². The first-order valence-electron chi connectivity index (χ1n) is 10.1. The standard InChI is InChI=1S/C23H30N2.ClH/c1-2-25-22-13-9-8-12-20(22)21-16-18(14-15-23(21)25)17-24-19-10-6-4-3-5-7-11-19;/h8-9,12-16,19,24H,2-7,10-11,17H2,1H3;1H. The van der Waals surface area contributed by atoms with Crippen LogP contribution in [0.5, 0.6) is 0 Å². The molecule has 4 rings (SSSR count). The molecule has 1 fully saturated rings. The maximum Gasteiger partial charge on any atom is 0.0491 e. The molecule has 0 spiro atoms. The van der Waals surface area contributed by atoms with Gasteiger partial charge in [-0.2, -0.15) is 0 Å². The zero-order valence-electron chi connectivity index (χ0n) is 15.8. The Morgan fingerprint density at radius 1 is 0.885 bits per heavy atom. The summed E-state index contributed by atoms with van der Waals surface area (Å²) in [6.07, 6.45) is 9.74. The normalized spacial score (nSPS) is 16.3. The SMILES string of the molecule is CCn1c2ccccc2c2cc(CNC3CCCCCCC3)ccc21.Cl. The number of rotatable bonds is 4. The minimum absolute atomic E-state index is 0. The lowest BCUT2D eigenvalue weighted by Gasteiger charge is -2.21. The van der Waals surface area contributed by atoms with Crippen LogP contribution < -0.4 is 5.32 Å². The second-order valence-electron chi connectivity index (χ2n) is 7.54. The molecule has 1 aliphatic carbocycles. The van der Waals surface area contributed by atoms with Crippen molar-refractivity contribution in [1.29, 1.82) is 0 Å². The highest BCUT2D eigenvalue weighted by Gasteiger charge is 2.12. The Morgan fingerprint density at radius 2 is 1.58 bits per heavy atom. The Morgan fingerprint density at radius 3 is 2.35 bits per heavy atom. The molecule has 0 aliphatic heterocycles. The predicted octanol–water partition coefficient (Wildman–Crippen LogP) is 6.44. The van der Waals surface area contributed by atoms with Crippen LogP contribution in [0.2, 0.25) is 0 Å². The Labute approximate surface area is 163 Å². The van der Waals surface area contributed by atoms with E-state index in [1.807, 2.05) is 0 Å². The molecule has 3 heteroatoms. The van der Waals surface area contributed by atoms with Crippen molar-refractivity contribution in [3.8, 4) is 0 Å². The lowest BCUT2D eigenvalue weighted by Crippen LogP contribution is -2.29. The van der Waals surface area contributed by atoms with Crippen LogP contribution in [0, 0.1) is 0 Å². The average molecular weight is 371 g/mol. The molecular weight excluding hydrogens is 340 g/mol. The second kappa shape index (κ2) is 8.92. The van der Waals surface area contributed by atoms with Crippen molar-refractivity contribution in [3.63, 3.8) is 0 Å². The monoisotopic (exact) mass is 370 g/mol. The van der Waals surface area contributed by atoms with Crippen LogP contribution in [0.25, 0.3) is 21.8 Å². The van der Waals surface area contributed by atoms with E-state index in [-0.39, 0.29) is 12.4 Å². The third-order valence-corrected chi connectivity index (χ3v) is 5.85. The summed E-state index contributed by atoms with van der Waals surface area (Å²) in [5.74, 6) is 0. The Hall–Kier alpha value is -1.51. The van der Waals surface area contributed by atoms with Crippen molar-refractivity contribution >= 4 is 34.2 Å². The fraction of sp³-hybridized carbons (Fsp3) is 0.478. The summed E-state index contributed by atoms with van der Waals surface area (Å²) < 4.78 is 2.43. The molecule has 0 radical (unpaired) electrons. The number of aromatic nitrogens is 1. The van der Waals surface area contributed by atoms with Gasteiger partial charge in [-0.3, -0.25) is 0 Å². The summed E-state index contributed by atoms with van der Waals surface area (Å²) in [6.45, 7) is 4.24. The lowest BCUT2D eigenvalue weighted by atomic mass is 9.96. The van der Waals surface area contributed by atoms with Gasteiger partial charge in [0.2, 0.25) is 0 Å². The summed E-state index contributed by atoms with van der Waals surface area (Å²) in [5.41, 5.74) is 4.12. The fourth-order valence-electron chi connectivity index (χ4n) is 4.47. The summed E-state index contributed by atoms with van der Waals surface area (Å²) in [5, 5.41) is 6.61. The van der Waals surface area contributed by atoms with Gasteiger partial charge in [0, 0.05) is 40.9 Å². The Kier molecular flexibility index (Phi) is 6.61. The van der Waals surface area contributed by atoms with Crippen LogP contribution >= 0.6 is 12.4 Å². The van der Waals surface area contributed by atoms with Gasteiger partial charge in [-0.1, -0.05) is 56.4 Å². The first-order valence-corrected chi connectivity index (χ1v) is 10.1. The third-order valence-electron chi connectivity index (χ3n) is 5.85. The number of halogens is 1. The van der Waals surface area contributed by atoms with E-state index in [0.29, 0.717) is 6.04 Å². The number of hydrogen-bond acceptors (Lipinski definition) is 1. The fourth-order valence-corrected chi connectivity index (χ4v) is 4.47. The highest BCUT2D eigenvalue weighted by Crippen LogP contribution is 2.29. The summed E-state index contributed by atoms with van der Waals surface area (Å²) in [7, 11) is 0. The van der Waals surface area contributed by atoms with Crippen molar-refractivity contribution in [2.75, 3.05) is 0 Å². The van der Waals surface area contributed by atoms with Gasteiger partial charge in [-0.25, -0.2) is 0 Å². The van der Waals surface area contributed by atoms with E-state index in [1.54, 1.807) is 0 Å². The molecule has 0 amide bonds. The molecule has 0 saturated heterocycles. The number of benzene rings is 2. The van der Waals surface area contributed by atoms with E-state index < -0.39 is 0 Å². The largest absolute Gasteiger partial charge is 0.341 e. The Bertz CT molecular complexity index is 844. The van der Waals surface area contributed by atoms with Gasteiger partial charge in [-0.05, 0) is 43.5 Å². The molecule has 1 aromatic heterocycles. The van der Waals surface area contributed by atoms with Gasteiger partial charge in [0.25, 0.3) is 0 Å². The van der Waals surface area contributed by atoms with Gasteiger partial charge in [-0.15, -0.1) is 12.4 Å². The zero-order chi connectivity index (χ0) is 17.1. The molecule has 0 bridgehead atoms. The zero-order valence-corrected chi connectivity index (χ0v) is 16.7. The smallest absolute Gasteiger partial charge is 0.0491 e. The van der Waals surface area contributed by atoms with Gasteiger partial charge < -0.3 is 9.88 Å². The highest BCUT2D eigenvalue weighted by molar-refractivity contribution is 6.08. The van der Waals surface area contributed by atoms with E-state index in [9.17, 15) is 0 Å². The topological polar surface area (TPSA) is 17.0 Å². The van der Waals surface area contributed by atoms with Crippen LogP contribution in [0.15, 0.2) is 42.5 Å². The molecule has 0 atom stereocenters. The molecule has 140 valence electrons. The number of nitrogens with one attached hydrogen (secondary N) is 1. The number of para-hydroxylation sites is 1. The quantitative estimate of drug-likeness (QED) is 0.559. The van der Waals surface area contributed by atoms with E-state index in [0.717, 1.165) is 13.1 Å². The number of fused-ring (bicyclic) bond motifs is 3. The van der Waals surface area contributed by atoms with Crippen molar-refractivity contribution in [1.82, 2.24) is 9.88 Å². The molecule has 1 N–H and O–H groups in total. The molecule has 2 aromatic carbocycles. The van der Waals surface area contributed by atoms with E-state index >= 15 is 0 Å². The minimum atomic E-state index is 0. The molecule has 2 nitrogen and oxygen atoms in total. The van der Waals surface area contributed by atoms with Crippen molar-refractivity contribution < 1.29 is 0 Å². The van der Waals surface area contributed by atoms with Gasteiger partial charge in [0.15, 0.2) is 0 Å². The summed E-state index contributed by atoms with van der Waals surface area (Å²) in [4.78, 5) is 0. The lowest BCUT2D eigenvalue weighted by molar-refractivity contribution is 0.389. The van der Waals surface area contributed by atoms with Crippen LogP contribution in [0.4, 0.5) is 0 Å². The average Bonchev–Trinajstić information content (AvgIpc) is 2.94. The van der Waals surface area contributed by atoms with Crippen molar-refractivity contribution in [2.45, 2.75) is 71.0 Å². The molecule has 1 saturated carbocycles. The first kappa shape index (κ1) is 19.3. The number of nitrogens with zero attached hydrogens (tertiary/aromatic N) is 1. The van der Waals surface area contributed by atoms with Crippen LogP contribution in [-0.2, 0) is 13.1 Å². The molecule has 1 aliphatic rings. The van der Waals surface area contributed by atoms with Crippen molar-refractivity contribution in [2.24, 2.45) is 0 Å². The molecule has 1 heterocycles. The van der Waals surface area contributed by atoms with Crippen LogP contribution in [-0.4, -0.2) is 10.6 Å². The maximum atomic E-state index is 3.83. The maximum absolute atomic E-state index is 3.83. The van der Waals surface area contributed by atoms with Crippen LogP contribution in [0.1, 0.15) is 57.4 Å². The van der Waals surface area contributed by atoms with Gasteiger partial charge >= 0.3 is 0 Å². The second-order valence-corrected chi connectivity index (χ2v) is 7.54. The number of aryl methyl sites for hydroxylation is 1. The van der Waals surface area contributed by atoms with Crippen molar-refractivity contribution in [3.05, 3.63) is 48.0 Å². The Balaban J connectivity index is 0.00000196. The van der Waals surface area contributed by atoms with E-state index in [2.05, 4.69) is 59.3 Å².